The van der Waals surface area contributed by atoms with Crippen molar-refractivity contribution < 1.29 is 23.1 Å². The summed E-state index contributed by atoms with van der Waals surface area (Å²) in [5.74, 6) is -0.674. The van der Waals surface area contributed by atoms with Crippen molar-refractivity contribution in [1.82, 2.24) is 0 Å². The van der Waals surface area contributed by atoms with Gasteiger partial charge in [0.2, 0.25) is 5.91 Å². The molecule has 0 aliphatic carbocycles. The molecule has 104 valence electrons. The maximum atomic E-state index is 13.0. The molecule has 19 heavy (non-hydrogen) atoms. The van der Waals surface area contributed by atoms with E-state index in [4.69, 9.17) is 5.11 Å². The predicted molar refractivity (Wildman–Crippen MR) is 63.7 cm³/mol. The largest absolute Gasteiger partial charge is 0.418 e. The molecule has 0 aromatic heterocycles. The molecule has 3 nitrogen and oxygen atoms in total. The molecule has 0 saturated carbocycles. The number of nitrogens with zero attached hydrogens (tertiary/aromatic N) is 1. The molecular formula is C13H14F3NO2. The van der Waals surface area contributed by atoms with Gasteiger partial charge in [-0.1, -0.05) is 12.1 Å². The smallest absolute Gasteiger partial charge is 0.396 e. The summed E-state index contributed by atoms with van der Waals surface area (Å²) in [5, 5.41) is 9.05. The number of para-hydroxylation sites is 1. The molecule has 1 unspecified atom stereocenters. The summed E-state index contributed by atoms with van der Waals surface area (Å²) >= 11 is 0. The van der Waals surface area contributed by atoms with E-state index in [0.29, 0.717) is 5.56 Å². The van der Waals surface area contributed by atoms with Gasteiger partial charge in [0.15, 0.2) is 0 Å². The van der Waals surface area contributed by atoms with E-state index >= 15 is 0 Å². The van der Waals surface area contributed by atoms with Gasteiger partial charge in [0.05, 0.1) is 11.3 Å². The highest BCUT2D eigenvalue weighted by atomic mass is 19.4. The fourth-order valence-corrected chi connectivity index (χ4v) is 2.37. The first kappa shape index (κ1) is 13.9. The number of carbonyl (C=O) groups is 1. The number of aryl methyl sites for hydroxylation is 1. The number of aliphatic hydroxyl groups excluding tert-OH is 1. The normalized spacial score (nSPS) is 20.2. The number of hydrogen-bond acceptors (Lipinski definition) is 2. The zero-order chi connectivity index (χ0) is 14.2. The number of anilines is 1. The first-order valence-corrected chi connectivity index (χ1v) is 5.92. The highest BCUT2D eigenvalue weighted by Gasteiger charge is 2.39. The molecule has 2 rings (SSSR count). The van der Waals surface area contributed by atoms with Gasteiger partial charge in [-0.25, -0.2) is 0 Å². The standard InChI is InChI=1S/C13H14F3NO2/c1-8-3-2-4-10(13(14,15)16)12(8)17-6-9(7-18)5-11(17)19/h2-4,9,18H,5-7H2,1H3. The van der Waals surface area contributed by atoms with Crippen molar-refractivity contribution in [1.29, 1.82) is 0 Å². The van der Waals surface area contributed by atoms with Crippen molar-refractivity contribution in [3.05, 3.63) is 29.3 Å². The first-order chi connectivity index (χ1) is 8.84. The lowest BCUT2D eigenvalue weighted by Gasteiger charge is -2.23. The van der Waals surface area contributed by atoms with Crippen molar-refractivity contribution >= 4 is 11.6 Å². The quantitative estimate of drug-likeness (QED) is 0.898. The summed E-state index contributed by atoms with van der Waals surface area (Å²) in [6.45, 7) is 1.48. The lowest BCUT2D eigenvalue weighted by Crippen LogP contribution is -2.28. The third-order valence-electron chi connectivity index (χ3n) is 3.28. The van der Waals surface area contributed by atoms with Crippen LogP contribution in [-0.2, 0) is 11.0 Å². The number of benzene rings is 1. The summed E-state index contributed by atoms with van der Waals surface area (Å²) < 4.78 is 39.0. The van der Waals surface area contributed by atoms with Crippen LogP contribution in [0, 0.1) is 12.8 Å². The second-order valence-corrected chi connectivity index (χ2v) is 4.73. The van der Waals surface area contributed by atoms with Crippen LogP contribution in [0.1, 0.15) is 17.5 Å². The van der Waals surface area contributed by atoms with Gasteiger partial charge in [0.25, 0.3) is 0 Å². The van der Waals surface area contributed by atoms with Crippen LogP contribution in [0.3, 0.4) is 0 Å². The fourth-order valence-electron chi connectivity index (χ4n) is 2.37. The molecular weight excluding hydrogens is 259 g/mol. The Morgan fingerprint density at radius 2 is 2.11 bits per heavy atom. The van der Waals surface area contributed by atoms with E-state index < -0.39 is 11.7 Å². The predicted octanol–water partition coefficient (Wildman–Crippen LogP) is 2.36. The summed E-state index contributed by atoms with van der Waals surface area (Å²) in [7, 11) is 0. The molecule has 1 amide bonds. The van der Waals surface area contributed by atoms with Crippen molar-refractivity contribution in [2.24, 2.45) is 5.92 Å². The minimum Gasteiger partial charge on any atom is -0.396 e. The minimum absolute atomic E-state index is 0.0854. The Balaban J connectivity index is 2.48. The zero-order valence-corrected chi connectivity index (χ0v) is 10.4. The zero-order valence-electron chi connectivity index (χ0n) is 10.4. The Labute approximate surface area is 108 Å². The summed E-state index contributed by atoms with van der Waals surface area (Å²) in [5.41, 5.74) is -0.489. The number of aliphatic hydroxyl groups is 1. The molecule has 1 saturated heterocycles. The average Bonchev–Trinajstić information content (AvgIpc) is 2.69. The minimum atomic E-state index is -4.50. The van der Waals surface area contributed by atoms with Crippen molar-refractivity contribution in [3.63, 3.8) is 0 Å². The van der Waals surface area contributed by atoms with Crippen molar-refractivity contribution in [2.45, 2.75) is 19.5 Å². The van der Waals surface area contributed by atoms with E-state index in [-0.39, 0.29) is 37.1 Å². The van der Waals surface area contributed by atoms with Gasteiger partial charge in [-0.3, -0.25) is 4.79 Å². The molecule has 0 bridgehead atoms. The highest BCUT2D eigenvalue weighted by molar-refractivity contribution is 5.97. The Morgan fingerprint density at radius 3 is 2.63 bits per heavy atom. The Hall–Kier alpha value is -1.56. The second kappa shape index (κ2) is 4.85. The molecule has 1 aromatic carbocycles. The number of rotatable bonds is 2. The first-order valence-electron chi connectivity index (χ1n) is 5.92. The number of halogens is 3. The summed E-state index contributed by atoms with van der Waals surface area (Å²) in [6, 6.07) is 3.84. The van der Waals surface area contributed by atoms with Gasteiger partial charge in [0.1, 0.15) is 0 Å². The number of carbonyl (C=O) groups excluding carboxylic acids is 1. The second-order valence-electron chi connectivity index (χ2n) is 4.73. The molecule has 1 atom stereocenters. The number of alkyl halides is 3. The number of amides is 1. The average molecular weight is 273 g/mol. The molecule has 1 aliphatic rings. The van der Waals surface area contributed by atoms with E-state index in [1.54, 1.807) is 13.0 Å². The molecule has 1 N–H and O–H groups in total. The monoisotopic (exact) mass is 273 g/mol. The van der Waals surface area contributed by atoms with E-state index in [2.05, 4.69) is 0 Å². The maximum Gasteiger partial charge on any atom is 0.418 e. The molecule has 1 aromatic rings. The third kappa shape index (κ3) is 2.58. The van der Waals surface area contributed by atoms with Crippen LogP contribution in [0.15, 0.2) is 18.2 Å². The van der Waals surface area contributed by atoms with Crippen LogP contribution >= 0.6 is 0 Å². The van der Waals surface area contributed by atoms with Gasteiger partial charge in [-0.2, -0.15) is 13.2 Å². The van der Waals surface area contributed by atoms with Crippen LogP contribution < -0.4 is 4.90 Å². The fraction of sp³-hybridized carbons (Fsp3) is 0.462. The molecule has 0 radical (unpaired) electrons. The van der Waals surface area contributed by atoms with E-state index in [1.807, 2.05) is 0 Å². The van der Waals surface area contributed by atoms with Gasteiger partial charge in [-0.05, 0) is 18.6 Å². The lowest BCUT2D eigenvalue weighted by molar-refractivity contribution is -0.137. The maximum absolute atomic E-state index is 13.0. The molecule has 1 heterocycles. The molecule has 6 heteroatoms. The van der Waals surface area contributed by atoms with Gasteiger partial charge in [-0.15, -0.1) is 0 Å². The van der Waals surface area contributed by atoms with Crippen LogP contribution in [0.5, 0.6) is 0 Å². The molecule has 1 aliphatic heterocycles. The van der Waals surface area contributed by atoms with Crippen LogP contribution in [0.2, 0.25) is 0 Å². The van der Waals surface area contributed by atoms with E-state index in [9.17, 15) is 18.0 Å². The van der Waals surface area contributed by atoms with E-state index in [0.717, 1.165) is 11.0 Å². The van der Waals surface area contributed by atoms with Crippen molar-refractivity contribution in [2.75, 3.05) is 18.1 Å². The summed E-state index contributed by atoms with van der Waals surface area (Å²) in [6.07, 6.45) is -4.42. The van der Waals surface area contributed by atoms with Gasteiger partial charge < -0.3 is 10.0 Å². The van der Waals surface area contributed by atoms with Crippen molar-refractivity contribution in [3.8, 4) is 0 Å². The van der Waals surface area contributed by atoms with Crippen LogP contribution in [0.25, 0.3) is 0 Å². The number of hydrogen-bond donors (Lipinski definition) is 1. The Morgan fingerprint density at radius 1 is 1.42 bits per heavy atom. The Kier molecular flexibility index (Phi) is 3.54. The summed E-state index contributed by atoms with van der Waals surface area (Å²) in [4.78, 5) is 13.0. The highest BCUT2D eigenvalue weighted by Crippen LogP contribution is 2.40. The molecule has 1 fully saturated rings. The van der Waals surface area contributed by atoms with E-state index in [1.165, 1.54) is 6.07 Å². The molecule has 0 spiro atoms. The van der Waals surface area contributed by atoms with Gasteiger partial charge in [0, 0.05) is 25.5 Å². The van der Waals surface area contributed by atoms with Gasteiger partial charge >= 0.3 is 6.18 Å². The third-order valence-corrected chi connectivity index (χ3v) is 3.28. The topological polar surface area (TPSA) is 40.5 Å². The Bertz CT molecular complexity index is 499. The van der Waals surface area contributed by atoms with Crippen LogP contribution in [-0.4, -0.2) is 24.2 Å². The SMILES string of the molecule is Cc1cccc(C(F)(F)F)c1N1CC(CO)CC1=O. The van der Waals surface area contributed by atoms with Crippen LogP contribution in [0.4, 0.5) is 18.9 Å². The lowest BCUT2D eigenvalue weighted by atomic mass is 10.1.